The fourth-order valence-electron chi connectivity index (χ4n) is 3.61. The van der Waals surface area contributed by atoms with Crippen LogP contribution in [0, 0.1) is 16.7 Å². The Labute approximate surface area is 111 Å². The van der Waals surface area contributed by atoms with Crippen molar-refractivity contribution < 1.29 is 23.9 Å². The Morgan fingerprint density at radius 3 is 2.26 bits per heavy atom. The number of ketones is 1. The Balaban J connectivity index is 2.62. The third-order valence-corrected chi connectivity index (χ3v) is 4.80. The maximum Gasteiger partial charge on any atom is 0.327 e. The van der Waals surface area contributed by atoms with Crippen LogP contribution in [0.2, 0.25) is 0 Å². The van der Waals surface area contributed by atoms with E-state index in [-0.39, 0.29) is 5.78 Å². The van der Waals surface area contributed by atoms with Crippen molar-refractivity contribution in [2.45, 2.75) is 26.7 Å². The molecule has 5 nitrogen and oxygen atoms in total. The van der Waals surface area contributed by atoms with Crippen LogP contribution in [0.4, 0.5) is 0 Å². The molecule has 0 saturated heterocycles. The van der Waals surface area contributed by atoms with Crippen molar-refractivity contribution in [2.75, 3.05) is 14.2 Å². The molecule has 0 aromatic rings. The first kappa shape index (κ1) is 13.8. The number of carbonyl (C=O) groups is 3. The van der Waals surface area contributed by atoms with Crippen LogP contribution >= 0.6 is 0 Å². The maximum atomic E-state index is 12.2. The van der Waals surface area contributed by atoms with Gasteiger partial charge in [0, 0.05) is 12.3 Å². The maximum absolute atomic E-state index is 12.2. The molecule has 2 aliphatic carbocycles. The lowest BCUT2D eigenvalue weighted by Gasteiger charge is -2.33. The van der Waals surface area contributed by atoms with Crippen LogP contribution in [0.15, 0.2) is 11.6 Å². The standard InChI is InChI=1S/C14H18O5/c1-8-7-14(11(16)18-3,12(17)19-4)9-5-6-10(15)13(8,9)2/h7,9H,5-6H2,1-4H3. The highest BCUT2D eigenvalue weighted by Crippen LogP contribution is 2.60. The predicted octanol–water partition coefficient (Wildman–Crippen LogP) is 1.26. The number of esters is 2. The van der Waals surface area contributed by atoms with Gasteiger partial charge < -0.3 is 9.47 Å². The van der Waals surface area contributed by atoms with E-state index in [0.717, 1.165) is 5.57 Å². The van der Waals surface area contributed by atoms with Gasteiger partial charge in [0.25, 0.3) is 0 Å². The highest BCUT2D eigenvalue weighted by molar-refractivity contribution is 6.06. The molecule has 0 aliphatic heterocycles. The van der Waals surface area contributed by atoms with Crippen LogP contribution < -0.4 is 0 Å². The molecule has 104 valence electrons. The van der Waals surface area contributed by atoms with E-state index in [2.05, 4.69) is 0 Å². The topological polar surface area (TPSA) is 69.7 Å². The Kier molecular flexibility index (Phi) is 3.03. The lowest BCUT2D eigenvalue weighted by atomic mass is 9.68. The van der Waals surface area contributed by atoms with Crippen LogP contribution in [0.5, 0.6) is 0 Å². The Morgan fingerprint density at radius 2 is 1.79 bits per heavy atom. The average molecular weight is 266 g/mol. The Hall–Kier alpha value is -1.65. The zero-order valence-electron chi connectivity index (χ0n) is 11.6. The zero-order valence-corrected chi connectivity index (χ0v) is 11.6. The van der Waals surface area contributed by atoms with Crippen molar-refractivity contribution in [3.8, 4) is 0 Å². The third-order valence-electron chi connectivity index (χ3n) is 4.80. The molecular formula is C14H18O5. The first-order valence-corrected chi connectivity index (χ1v) is 6.25. The summed E-state index contributed by atoms with van der Waals surface area (Å²) in [5.74, 6) is -1.64. The van der Waals surface area contributed by atoms with Gasteiger partial charge in [-0.1, -0.05) is 11.6 Å². The van der Waals surface area contributed by atoms with E-state index in [9.17, 15) is 14.4 Å². The number of hydrogen-bond acceptors (Lipinski definition) is 5. The highest BCUT2D eigenvalue weighted by atomic mass is 16.5. The van der Waals surface area contributed by atoms with Gasteiger partial charge >= 0.3 is 11.9 Å². The van der Waals surface area contributed by atoms with Crippen molar-refractivity contribution in [3.05, 3.63) is 11.6 Å². The minimum absolute atomic E-state index is 0.0703. The number of fused-ring (bicyclic) bond motifs is 1. The van der Waals surface area contributed by atoms with E-state index < -0.39 is 28.7 Å². The lowest BCUT2D eigenvalue weighted by Crippen LogP contribution is -2.46. The van der Waals surface area contributed by atoms with E-state index in [0.29, 0.717) is 12.8 Å². The molecule has 1 fully saturated rings. The zero-order chi connectivity index (χ0) is 14.4. The molecule has 0 bridgehead atoms. The fourth-order valence-corrected chi connectivity index (χ4v) is 3.61. The summed E-state index contributed by atoms with van der Waals surface area (Å²) in [5.41, 5.74) is -1.49. The molecule has 2 rings (SSSR count). The van der Waals surface area contributed by atoms with Gasteiger partial charge in [0.1, 0.15) is 5.78 Å². The molecule has 1 saturated carbocycles. The second-order valence-corrected chi connectivity index (χ2v) is 5.40. The van der Waals surface area contributed by atoms with Gasteiger partial charge in [-0.2, -0.15) is 0 Å². The van der Waals surface area contributed by atoms with E-state index in [4.69, 9.17) is 9.47 Å². The van der Waals surface area contributed by atoms with Crippen LogP contribution in [0.25, 0.3) is 0 Å². The Bertz CT molecular complexity index is 474. The highest BCUT2D eigenvalue weighted by Gasteiger charge is 2.67. The second-order valence-electron chi connectivity index (χ2n) is 5.40. The summed E-state index contributed by atoms with van der Waals surface area (Å²) < 4.78 is 9.60. The third kappa shape index (κ3) is 1.44. The van der Waals surface area contributed by atoms with E-state index >= 15 is 0 Å². The molecule has 0 radical (unpaired) electrons. The van der Waals surface area contributed by atoms with Gasteiger partial charge in [-0.3, -0.25) is 14.4 Å². The molecule has 0 aromatic heterocycles. The average Bonchev–Trinajstić information content (AvgIpc) is 2.83. The molecule has 19 heavy (non-hydrogen) atoms. The molecule has 0 aromatic carbocycles. The van der Waals surface area contributed by atoms with Crippen LogP contribution in [-0.4, -0.2) is 31.9 Å². The van der Waals surface area contributed by atoms with Crippen molar-refractivity contribution in [3.63, 3.8) is 0 Å². The van der Waals surface area contributed by atoms with Gasteiger partial charge in [-0.25, -0.2) is 0 Å². The molecular weight excluding hydrogens is 248 g/mol. The number of methoxy groups -OCH3 is 2. The SMILES string of the molecule is COC(=O)C1(C(=O)OC)C=C(C)C2(C)C(=O)CCC21. The van der Waals surface area contributed by atoms with Gasteiger partial charge in [0.05, 0.1) is 19.6 Å². The molecule has 0 heterocycles. The first-order valence-electron chi connectivity index (χ1n) is 6.25. The molecule has 2 atom stereocenters. The largest absolute Gasteiger partial charge is 0.468 e. The number of Topliss-reactive ketones (excluding diaryl/α,β-unsaturated/α-hetero) is 1. The van der Waals surface area contributed by atoms with Crippen molar-refractivity contribution in [1.29, 1.82) is 0 Å². The van der Waals surface area contributed by atoms with Crippen molar-refractivity contribution in [2.24, 2.45) is 16.7 Å². The predicted molar refractivity (Wildman–Crippen MR) is 66.1 cm³/mol. The summed E-state index contributed by atoms with van der Waals surface area (Å²) in [6, 6.07) is 0. The van der Waals surface area contributed by atoms with Crippen molar-refractivity contribution in [1.82, 2.24) is 0 Å². The molecule has 0 N–H and O–H groups in total. The summed E-state index contributed by atoms with van der Waals surface area (Å²) >= 11 is 0. The molecule has 2 unspecified atom stereocenters. The summed E-state index contributed by atoms with van der Waals surface area (Å²) in [6.07, 6.45) is 2.43. The fraction of sp³-hybridized carbons (Fsp3) is 0.643. The molecule has 0 amide bonds. The van der Waals surface area contributed by atoms with Gasteiger partial charge in [-0.15, -0.1) is 0 Å². The first-order chi connectivity index (χ1) is 8.85. The van der Waals surface area contributed by atoms with Gasteiger partial charge in [0.15, 0.2) is 5.41 Å². The van der Waals surface area contributed by atoms with Crippen LogP contribution in [-0.2, 0) is 23.9 Å². The Morgan fingerprint density at radius 1 is 1.26 bits per heavy atom. The lowest BCUT2D eigenvalue weighted by molar-refractivity contribution is -0.169. The quantitative estimate of drug-likeness (QED) is 0.427. The summed E-state index contributed by atoms with van der Waals surface area (Å²) in [5, 5.41) is 0. The monoisotopic (exact) mass is 266 g/mol. The summed E-state index contributed by atoms with van der Waals surface area (Å²) in [6.45, 7) is 3.58. The van der Waals surface area contributed by atoms with E-state index in [1.54, 1.807) is 19.9 Å². The van der Waals surface area contributed by atoms with E-state index in [1.165, 1.54) is 14.2 Å². The van der Waals surface area contributed by atoms with Gasteiger partial charge in [0.2, 0.25) is 0 Å². The number of ether oxygens (including phenoxy) is 2. The second kappa shape index (κ2) is 4.18. The smallest absolute Gasteiger partial charge is 0.327 e. The molecule has 5 heteroatoms. The molecule has 2 aliphatic rings. The normalized spacial score (nSPS) is 31.7. The number of carbonyl (C=O) groups excluding carboxylic acids is 3. The molecule has 0 spiro atoms. The van der Waals surface area contributed by atoms with Crippen LogP contribution in [0.3, 0.4) is 0 Å². The summed E-state index contributed by atoms with van der Waals surface area (Å²) in [7, 11) is 2.48. The number of hydrogen-bond donors (Lipinski definition) is 0. The summed E-state index contributed by atoms with van der Waals surface area (Å²) in [4.78, 5) is 36.5. The van der Waals surface area contributed by atoms with Crippen LogP contribution in [0.1, 0.15) is 26.7 Å². The van der Waals surface area contributed by atoms with E-state index in [1.807, 2.05) is 0 Å². The minimum atomic E-state index is -1.48. The number of rotatable bonds is 2. The minimum Gasteiger partial charge on any atom is -0.468 e. The van der Waals surface area contributed by atoms with Crippen molar-refractivity contribution >= 4 is 17.7 Å². The van der Waals surface area contributed by atoms with Gasteiger partial charge in [-0.05, 0) is 20.3 Å². The number of allylic oxidation sites excluding steroid dienone is 1.